The highest BCUT2D eigenvalue weighted by molar-refractivity contribution is 5.86. The van der Waals surface area contributed by atoms with Crippen molar-refractivity contribution in [3.8, 4) is 0 Å². The van der Waals surface area contributed by atoms with Gasteiger partial charge < -0.3 is 37.4 Å². The number of nitrogens with one attached hydrogen (secondary N) is 2. The predicted molar refractivity (Wildman–Crippen MR) is 91.6 cm³/mol. The Hall–Kier alpha value is -3.22. The maximum Gasteiger partial charge on any atom is 0.326 e. The standard InChI is InChI=1S/C15H24N4O9/c16-7(13(23)24)1-5-11(21)19-9(15(27)28)3-6-12(22)18-8(14(25)26)2-4-10(17)20/h7-9H,1-6,16H2,(H2,17,20)(H,18,22)(H,19,21)(H,23,24)(H,25,26)(H,27,28)/t7-,8-,9-/m0/s1. The van der Waals surface area contributed by atoms with Crippen LogP contribution in [0.25, 0.3) is 0 Å². The molecule has 158 valence electrons. The first kappa shape index (κ1) is 24.8. The van der Waals surface area contributed by atoms with Gasteiger partial charge in [-0.15, -0.1) is 0 Å². The molecule has 0 heterocycles. The molecule has 0 aromatic rings. The number of carboxylic acid groups (broad SMARTS) is 3. The van der Waals surface area contributed by atoms with Crippen molar-refractivity contribution < 1.29 is 44.1 Å². The summed E-state index contributed by atoms with van der Waals surface area (Å²) in [5.41, 5.74) is 10.2. The Morgan fingerprint density at radius 1 is 0.679 bits per heavy atom. The fraction of sp³-hybridized carbons (Fsp3) is 0.600. The Balaban J connectivity index is 4.56. The maximum absolute atomic E-state index is 11.8. The highest BCUT2D eigenvalue weighted by Crippen LogP contribution is 2.03. The van der Waals surface area contributed by atoms with Crippen molar-refractivity contribution in [3.63, 3.8) is 0 Å². The summed E-state index contributed by atoms with van der Waals surface area (Å²) in [5, 5.41) is 31.0. The van der Waals surface area contributed by atoms with Crippen molar-refractivity contribution in [1.82, 2.24) is 10.6 Å². The first-order valence-corrected chi connectivity index (χ1v) is 8.25. The Morgan fingerprint density at radius 2 is 1.07 bits per heavy atom. The van der Waals surface area contributed by atoms with Gasteiger partial charge in [0, 0.05) is 19.3 Å². The van der Waals surface area contributed by atoms with E-state index in [1.165, 1.54) is 0 Å². The number of aliphatic carboxylic acids is 3. The van der Waals surface area contributed by atoms with Crippen LogP contribution >= 0.6 is 0 Å². The normalized spacial score (nSPS) is 13.6. The lowest BCUT2D eigenvalue weighted by Crippen LogP contribution is -2.44. The zero-order valence-electron chi connectivity index (χ0n) is 14.9. The number of carbonyl (C=O) groups is 6. The SMILES string of the molecule is NC(=O)CC[C@H](NC(=O)CC[C@H](NC(=O)CC[C@H](N)C(=O)O)C(=O)O)C(=O)O. The molecule has 13 heteroatoms. The molecule has 0 spiro atoms. The molecule has 0 unspecified atom stereocenters. The lowest BCUT2D eigenvalue weighted by Gasteiger charge is -2.17. The van der Waals surface area contributed by atoms with Gasteiger partial charge in [-0.05, 0) is 19.3 Å². The molecule has 0 bridgehead atoms. The monoisotopic (exact) mass is 404 g/mol. The summed E-state index contributed by atoms with van der Waals surface area (Å²) >= 11 is 0. The van der Waals surface area contributed by atoms with Crippen LogP contribution in [-0.4, -0.2) is 69.1 Å². The number of hydrogen-bond donors (Lipinski definition) is 7. The Kier molecular flexibility index (Phi) is 10.8. The van der Waals surface area contributed by atoms with Crippen LogP contribution in [0, 0.1) is 0 Å². The zero-order valence-corrected chi connectivity index (χ0v) is 14.9. The molecule has 0 aliphatic heterocycles. The third kappa shape index (κ3) is 10.7. The summed E-state index contributed by atoms with van der Waals surface area (Å²) in [6.07, 6.45) is -1.75. The van der Waals surface area contributed by atoms with Gasteiger partial charge in [0.1, 0.15) is 18.1 Å². The van der Waals surface area contributed by atoms with Crippen LogP contribution in [0.5, 0.6) is 0 Å². The molecule has 0 aromatic carbocycles. The third-order valence-corrected chi connectivity index (χ3v) is 3.61. The Morgan fingerprint density at radius 3 is 1.43 bits per heavy atom. The third-order valence-electron chi connectivity index (χ3n) is 3.61. The van der Waals surface area contributed by atoms with Crippen LogP contribution in [0.1, 0.15) is 38.5 Å². The molecule has 0 saturated carbocycles. The minimum Gasteiger partial charge on any atom is -0.480 e. The molecular weight excluding hydrogens is 380 g/mol. The summed E-state index contributed by atoms with van der Waals surface area (Å²) in [7, 11) is 0. The van der Waals surface area contributed by atoms with Gasteiger partial charge in [-0.2, -0.15) is 0 Å². The maximum atomic E-state index is 11.8. The van der Waals surface area contributed by atoms with Gasteiger partial charge in [0.15, 0.2) is 0 Å². The summed E-state index contributed by atoms with van der Waals surface area (Å²) < 4.78 is 0. The van der Waals surface area contributed by atoms with Crippen LogP contribution in [0.3, 0.4) is 0 Å². The topological polar surface area (TPSA) is 239 Å². The number of hydrogen-bond acceptors (Lipinski definition) is 7. The first-order chi connectivity index (χ1) is 12.9. The van der Waals surface area contributed by atoms with Gasteiger partial charge in [-0.1, -0.05) is 0 Å². The van der Waals surface area contributed by atoms with E-state index in [2.05, 4.69) is 10.6 Å². The molecule has 9 N–H and O–H groups in total. The summed E-state index contributed by atoms with van der Waals surface area (Å²) in [4.78, 5) is 67.0. The van der Waals surface area contributed by atoms with Gasteiger partial charge >= 0.3 is 17.9 Å². The number of carbonyl (C=O) groups excluding carboxylic acids is 3. The number of carboxylic acids is 3. The average molecular weight is 404 g/mol. The Bertz CT molecular complexity index is 623. The molecule has 0 fully saturated rings. The molecule has 0 rings (SSSR count). The number of nitrogens with two attached hydrogens (primary N) is 2. The van der Waals surface area contributed by atoms with Gasteiger partial charge in [-0.25, -0.2) is 9.59 Å². The van der Waals surface area contributed by atoms with Gasteiger partial charge in [0.25, 0.3) is 0 Å². The lowest BCUT2D eigenvalue weighted by atomic mass is 10.1. The first-order valence-electron chi connectivity index (χ1n) is 8.25. The quantitative estimate of drug-likeness (QED) is 0.159. The number of amides is 3. The van der Waals surface area contributed by atoms with Crippen molar-refractivity contribution in [2.45, 2.75) is 56.7 Å². The largest absolute Gasteiger partial charge is 0.480 e. The minimum atomic E-state index is -1.44. The van der Waals surface area contributed by atoms with E-state index in [9.17, 15) is 28.8 Å². The summed E-state index contributed by atoms with van der Waals surface area (Å²) in [5.74, 6) is -6.39. The van der Waals surface area contributed by atoms with Crippen molar-refractivity contribution in [2.75, 3.05) is 0 Å². The molecule has 0 radical (unpaired) electrons. The van der Waals surface area contributed by atoms with Crippen LogP contribution in [-0.2, 0) is 28.8 Å². The van der Waals surface area contributed by atoms with E-state index >= 15 is 0 Å². The minimum absolute atomic E-state index is 0.200. The highest BCUT2D eigenvalue weighted by Gasteiger charge is 2.24. The molecular formula is C15H24N4O9. The van der Waals surface area contributed by atoms with Crippen LogP contribution < -0.4 is 22.1 Å². The van der Waals surface area contributed by atoms with Crippen molar-refractivity contribution in [1.29, 1.82) is 0 Å². The van der Waals surface area contributed by atoms with E-state index in [0.29, 0.717) is 0 Å². The zero-order chi connectivity index (χ0) is 21.9. The molecule has 0 saturated heterocycles. The smallest absolute Gasteiger partial charge is 0.326 e. The second kappa shape index (κ2) is 12.2. The highest BCUT2D eigenvalue weighted by atomic mass is 16.4. The number of primary amides is 1. The molecule has 3 atom stereocenters. The molecule has 3 amide bonds. The fourth-order valence-corrected chi connectivity index (χ4v) is 2.02. The van der Waals surface area contributed by atoms with Gasteiger partial charge in [0.2, 0.25) is 17.7 Å². The van der Waals surface area contributed by atoms with Crippen LogP contribution in [0.15, 0.2) is 0 Å². The van der Waals surface area contributed by atoms with E-state index in [0.717, 1.165) is 0 Å². The predicted octanol–water partition coefficient (Wildman–Crippen LogP) is -2.64. The molecule has 0 aliphatic carbocycles. The summed E-state index contributed by atoms with van der Waals surface area (Å²) in [6, 6.07) is -4.07. The number of rotatable bonds is 14. The average Bonchev–Trinajstić information content (AvgIpc) is 2.58. The molecule has 0 aliphatic rings. The van der Waals surface area contributed by atoms with Crippen LogP contribution in [0.2, 0.25) is 0 Å². The second-order valence-electron chi connectivity index (χ2n) is 5.94. The van der Waals surface area contributed by atoms with Crippen molar-refractivity contribution >= 4 is 35.6 Å². The second-order valence-corrected chi connectivity index (χ2v) is 5.94. The molecule has 0 aromatic heterocycles. The molecule has 28 heavy (non-hydrogen) atoms. The molecule has 13 nitrogen and oxygen atoms in total. The van der Waals surface area contributed by atoms with Crippen molar-refractivity contribution in [3.05, 3.63) is 0 Å². The van der Waals surface area contributed by atoms with E-state index in [1.54, 1.807) is 0 Å². The van der Waals surface area contributed by atoms with Gasteiger partial charge in [0.05, 0.1) is 0 Å². The fourth-order valence-electron chi connectivity index (χ4n) is 2.02. The van der Waals surface area contributed by atoms with Crippen molar-refractivity contribution in [2.24, 2.45) is 11.5 Å². The van der Waals surface area contributed by atoms with E-state index in [4.69, 9.17) is 26.8 Å². The van der Waals surface area contributed by atoms with Gasteiger partial charge in [-0.3, -0.25) is 19.2 Å². The Labute approximate surface area is 159 Å². The van der Waals surface area contributed by atoms with Crippen LogP contribution in [0.4, 0.5) is 0 Å². The van der Waals surface area contributed by atoms with E-state index in [1.807, 2.05) is 0 Å². The van der Waals surface area contributed by atoms with E-state index in [-0.39, 0.29) is 32.1 Å². The van der Waals surface area contributed by atoms with E-state index < -0.39 is 60.2 Å². The lowest BCUT2D eigenvalue weighted by molar-refractivity contribution is -0.143. The summed E-state index contributed by atoms with van der Waals surface area (Å²) in [6.45, 7) is 0.